The van der Waals surface area contributed by atoms with Crippen LogP contribution in [-0.4, -0.2) is 24.5 Å². The van der Waals surface area contributed by atoms with E-state index in [1.54, 1.807) is 24.3 Å². The number of hydrogen-bond acceptors (Lipinski definition) is 3. The topological polar surface area (TPSA) is 67.4 Å². The Hall–Kier alpha value is -2.82. The average molecular weight is 354 g/mol. The van der Waals surface area contributed by atoms with E-state index in [0.29, 0.717) is 24.5 Å². The molecule has 2 rings (SSSR count). The smallest absolute Gasteiger partial charge is 0.251 e. The van der Waals surface area contributed by atoms with Gasteiger partial charge in [0.05, 0.1) is 6.61 Å². The van der Waals surface area contributed by atoms with Crippen LogP contribution in [0.3, 0.4) is 0 Å². The average Bonchev–Trinajstić information content (AvgIpc) is 2.65. The van der Waals surface area contributed by atoms with Gasteiger partial charge in [-0.2, -0.15) is 0 Å². The first-order chi connectivity index (χ1) is 12.5. The Bertz CT molecular complexity index is 712. The molecule has 0 aliphatic heterocycles. The Morgan fingerprint density at radius 3 is 2.23 bits per heavy atom. The molecule has 0 aliphatic rings. The zero-order valence-corrected chi connectivity index (χ0v) is 15.5. The van der Waals surface area contributed by atoms with E-state index in [0.717, 1.165) is 5.56 Å². The molecule has 0 aromatic heterocycles. The van der Waals surface area contributed by atoms with Crippen LogP contribution in [0.15, 0.2) is 54.6 Å². The summed E-state index contributed by atoms with van der Waals surface area (Å²) < 4.78 is 5.38. The van der Waals surface area contributed by atoms with Crippen LogP contribution in [0.25, 0.3) is 0 Å². The summed E-state index contributed by atoms with van der Waals surface area (Å²) in [6.45, 7) is 6.72. The predicted octanol–water partition coefficient (Wildman–Crippen LogP) is 3.16. The molecule has 0 aliphatic carbocycles. The molecular formula is C21H26N2O3. The van der Waals surface area contributed by atoms with Crippen LogP contribution in [0.4, 0.5) is 0 Å². The molecule has 0 spiro atoms. The van der Waals surface area contributed by atoms with Crippen molar-refractivity contribution < 1.29 is 14.3 Å². The molecule has 0 fully saturated rings. The van der Waals surface area contributed by atoms with Crippen molar-refractivity contribution in [1.82, 2.24) is 10.6 Å². The fourth-order valence-electron chi connectivity index (χ4n) is 2.52. The molecule has 0 radical (unpaired) electrons. The van der Waals surface area contributed by atoms with E-state index in [4.69, 9.17) is 4.74 Å². The fraction of sp³-hybridized carbons (Fsp3) is 0.333. The highest BCUT2D eigenvalue weighted by Gasteiger charge is 2.24. The van der Waals surface area contributed by atoms with Gasteiger partial charge in [-0.3, -0.25) is 9.59 Å². The minimum atomic E-state index is -0.599. The van der Waals surface area contributed by atoms with Gasteiger partial charge in [-0.1, -0.05) is 44.2 Å². The molecule has 2 amide bonds. The van der Waals surface area contributed by atoms with Gasteiger partial charge in [0.15, 0.2) is 0 Å². The summed E-state index contributed by atoms with van der Waals surface area (Å²) in [5.74, 6) is 0.215. The van der Waals surface area contributed by atoms with E-state index in [-0.39, 0.29) is 17.7 Å². The highest BCUT2D eigenvalue weighted by Crippen LogP contribution is 2.13. The van der Waals surface area contributed by atoms with Crippen molar-refractivity contribution in [3.05, 3.63) is 65.7 Å². The van der Waals surface area contributed by atoms with Crippen LogP contribution in [-0.2, 0) is 11.3 Å². The maximum atomic E-state index is 12.5. The first kappa shape index (κ1) is 19.5. The Labute approximate surface area is 154 Å². The van der Waals surface area contributed by atoms with Crippen LogP contribution in [0.1, 0.15) is 36.7 Å². The molecule has 2 aromatic rings. The van der Waals surface area contributed by atoms with E-state index >= 15 is 0 Å². The van der Waals surface area contributed by atoms with Crippen LogP contribution in [0, 0.1) is 5.92 Å². The molecule has 5 nitrogen and oxygen atoms in total. The number of carbonyl (C=O) groups is 2. The minimum Gasteiger partial charge on any atom is -0.494 e. The van der Waals surface area contributed by atoms with Crippen molar-refractivity contribution in [3.8, 4) is 5.75 Å². The molecule has 2 aromatic carbocycles. The third-order valence-corrected chi connectivity index (χ3v) is 3.97. The summed E-state index contributed by atoms with van der Waals surface area (Å²) >= 11 is 0. The lowest BCUT2D eigenvalue weighted by Gasteiger charge is -2.22. The number of benzene rings is 2. The van der Waals surface area contributed by atoms with Gasteiger partial charge in [0, 0.05) is 12.1 Å². The Morgan fingerprint density at radius 1 is 1.00 bits per heavy atom. The van der Waals surface area contributed by atoms with Gasteiger partial charge in [-0.05, 0) is 42.7 Å². The maximum Gasteiger partial charge on any atom is 0.251 e. The van der Waals surface area contributed by atoms with Crippen molar-refractivity contribution in [3.63, 3.8) is 0 Å². The Balaban J connectivity index is 1.97. The van der Waals surface area contributed by atoms with Crippen LogP contribution >= 0.6 is 0 Å². The van der Waals surface area contributed by atoms with E-state index < -0.39 is 6.04 Å². The molecule has 0 saturated carbocycles. The van der Waals surface area contributed by atoms with Gasteiger partial charge < -0.3 is 15.4 Å². The zero-order chi connectivity index (χ0) is 18.9. The van der Waals surface area contributed by atoms with E-state index in [1.165, 1.54) is 0 Å². The molecule has 0 bridgehead atoms. The predicted molar refractivity (Wildman–Crippen MR) is 102 cm³/mol. The SMILES string of the molecule is CCOc1ccc(C(=O)NC(C(=O)NCc2ccccc2)C(C)C)cc1. The molecular weight excluding hydrogens is 328 g/mol. The standard InChI is InChI=1S/C21H26N2O3/c1-4-26-18-12-10-17(11-13-18)20(24)23-19(15(2)3)21(25)22-14-16-8-6-5-7-9-16/h5-13,15,19H,4,14H2,1-3H3,(H,22,25)(H,23,24). The van der Waals surface area contributed by atoms with Crippen molar-refractivity contribution in [2.24, 2.45) is 5.92 Å². The summed E-state index contributed by atoms with van der Waals surface area (Å²) in [5, 5.41) is 5.72. The molecule has 138 valence electrons. The van der Waals surface area contributed by atoms with E-state index in [9.17, 15) is 9.59 Å². The maximum absolute atomic E-state index is 12.5. The van der Waals surface area contributed by atoms with E-state index in [1.807, 2.05) is 51.1 Å². The van der Waals surface area contributed by atoms with Gasteiger partial charge in [0.1, 0.15) is 11.8 Å². The van der Waals surface area contributed by atoms with Crippen molar-refractivity contribution >= 4 is 11.8 Å². The van der Waals surface area contributed by atoms with Gasteiger partial charge in [0.2, 0.25) is 5.91 Å². The van der Waals surface area contributed by atoms with Gasteiger partial charge in [-0.15, -0.1) is 0 Å². The number of hydrogen-bond donors (Lipinski definition) is 2. The van der Waals surface area contributed by atoms with Gasteiger partial charge in [-0.25, -0.2) is 0 Å². The summed E-state index contributed by atoms with van der Waals surface area (Å²) in [6, 6.07) is 16.0. The van der Waals surface area contributed by atoms with Gasteiger partial charge in [0.25, 0.3) is 5.91 Å². The molecule has 0 heterocycles. The highest BCUT2D eigenvalue weighted by atomic mass is 16.5. The highest BCUT2D eigenvalue weighted by molar-refractivity contribution is 5.97. The summed E-state index contributed by atoms with van der Waals surface area (Å²) in [6.07, 6.45) is 0. The van der Waals surface area contributed by atoms with Crippen LogP contribution < -0.4 is 15.4 Å². The summed E-state index contributed by atoms with van der Waals surface area (Å²) in [4.78, 5) is 25.0. The summed E-state index contributed by atoms with van der Waals surface area (Å²) in [5.41, 5.74) is 1.51. The number of ether oxygens (including phenoxy) is 1. The van der Waals surface area contributed by atoms with Crippen molar-refractivity contribution in [2.45, 2.75) is 33.4 Å². The second-order valence-electron chi connectivity index (χ2n) is 6.36. The molecule has 5 heteroatoms. The lowest BCUT2D eigenvalue weighted by Crippen LogP contribution is -2.49. The zero-order valence-electron chi connectivity index (χ0n) is 15.5. The van der Waals surface area contributed by atoms with Crippen LogP contribution in [0.5, 0.6) is 5.75 Å². The molecule has 26 heavy (non-hydrogen) atoms. The Morgan fingerprint density at radius 2 is 1.65 bits per heavy atom. The Kier molecular flexibility index (Phi) is 7.21. The molecule has 1 unspecified atom stereocenters. The third kappa shape index (κ3) is 5.62. The monoisotopic (exact) mass is 354 g/mol. The normalized spacial score (nSPS) is 11.7. The molecule has 1 atom stereocenters. The number of carbonyl (C=O) groups excluding carboxylic acids is 2. The molecule has 0 saturated heterocycles. The first-order valence-corrected chi connectivity index (χ1v) is 8.86. The van der Waals surface area contributed by atoms with E-state index in [2.05, 4.69) is 10.6 Å². The number of nitrogens with one attached hydrogen (secondary N) is 2. The summed E-state index contributed by atoms with van der Waals surface area (Å²) in [7, 11) is 0. The lowest BCUT2D eigenvalue weighted by atomic mass is 10.0. The second-order valence-corrected chi connectivity index (χ2v) is 6.36. The van der Waals surface area contributed by atoms with Crippen molar-refractivity contribution in [1.29, 1.82) is 0 Å². The first-order valence-electron chi connectivity index (χ1n) is 8.86. The fourth-order valence-corrected chi connectivity index (χ4v) is 2.52. The third-order valence-electron chi connectivity index (χ3n) is 3.97. The molecule has 2 N–H and O–H groups in total. The lowest BCUT2D eigenvalue weighted by molar-refractivity contribution is -0.124. The van der Waals surface area contributed by atoms with Crippen molar-refractivity contribution in [2.75, 3.05) is 6.61 Å². The van der Waals surface area contributed by atoms with Crippen LogP contribution in [0.2, 0.25) is 0 Å². The number of amides is 2. The second kappa shape index (κ2) is 9.61. The minimum absolute atomic E-state index is 0.0302. The van der Waals surface area contributed by atoms with Gasteiger partial charge >= 0.3 is 0 Å². The quantitative estimate of drug-likeness (QED) is 0.765. The number of rotatable bonds is 8. The largest absolute Gasteiger partial charge is 0.494 e.